The number of benzene rings is 1. The number of nitrogens with two attached hydrogens (primary N) is 1. The van der Waals surface area contributed by atoms with Crippen molar-refractivity contribution in [2.45, 2.75) is 5.16 Å². The number of nitrogens with zero attached hydrogens (tertiary/aromatic N) is 3. The molecule has 19 heavy (non-hydrogen) atoms. The molecule has 1 aromatic carbocycles. The lowest BCUT2D eigenvalue weighted by Gasteiger charge is -2.08. The topological polar surface area (TPSA) is 85.8 Å². The fraction of sp³-hybridized carbons (Fsp3) is 0.182. The smallest absolute Gasteiger partial charge is 0.234 e. The van der Waals surface area contributed by atoms with E-state index in [1.807, 2.05) is 7.05 Å². The minimum absolute atomic E-state index is 0.179. The Balaban J connectivity index is 1.94. The second-order valence-corrected chi connectivity index (χ2v) is 5.17. The summed E-state index contributed by atoms with van der Waals surface area (Å²) in [7, 11) is 1.81. The van der Waals surface area contributed by atoms with Crippen LogP contribution in [0.5, 0.6) is 0 Å². The van der Waals surface area contributed by atoms with Crippen LogP contribution in [0.1, 0.15) is 0 Å². The predicted molar refractivity (Wildman–Crippen MR) is 76.2 cm³/mol. The number of thioether (sulfide) groups is 1. The summed E-state index contributed by atoms with van der Waals surface area (Å²) in [6.07, 6.45) is 1.58. The van der Waals surface area contributed by atoms with Crippen molar-refractivity contribution in [2.75, 3.05) is 16.8 Å². The Morgan fingerprint density at radius 3 is 3.05 bits per heavy atom. The molecular weight excluding hydrogens is 286 g/mol. The molecule has 0 atom stereocenters. The van der Waals surface area contributed by atoms with E-state index in [2.05, 4.69) is 15.5 Å². The minimum Gasteiger partial charge on any atom is -0.397 e. The van der Waals surface area contributed by atoms with Crippen molar-refractivity contribution in [1.29, 1.82) is 0 Å². The Morgan fingerprint density at radius 1 is 1.58 bits per heavy atom. The van der Waals surface area contributed by atoms with Crippen LogP contribution in [0, 0.1) is 0 Å². The molecule has 1 heterocycles. The molecule has 0 unspecified atom stereocenters. The molecule has 3 N–H and O–H groups in total. The van der Waals surface area contributed by atoms with Gasteiger partial charge in [0.15, 0.2) is 5.16 Å². The van der Waals surface area contributed by atoms with Crippen LogP contribution in [-0.2, 0) is 11.8 Å². The average molecular weight is 298 g/mol. The maximum Gasteiger partial charge on any atom is 0.234 e. The lowest BCUT2D eigenvalue weighted by molar-refractivity contribution is -0.113. The van der Waals surface area contributed by atoms with Crippen molar-refractivity contribution < 1.29 is 4.79 Å². The van der Waals surface area contributed by atoms with Crippen molar-refractivity contribution >= 4 is 40.6 Å². The summed E-state index contributed by atoms with van der Waals surface area (Å²) >= 11 is 7.14. The number of anilines is 2. The van der Waals surface area contributed by atoms with Crippen LogP contribution in [0.15, 0.2) is 29.7 Å². The number of carbonyl (C=O) groups excluding carboxylic acids is 1. The van der Waals surface area contributed by atoms with E-state index in [1.165, 1.54) is 11.8 Å². The van der Waals surface area contributed by atoms with Gasteiger partial charge in [-0.2, -0.15) is 0 Å². The second-order valence-electron chi connectivity index (χ2n) is 3.79. The van der Waals surface area contributed by atoms with Crippen LogP contribution in [0.3, 0.4) is 0 Å². The third kappa shape index (κ3) is 3.62. The van der Waals surface area contributed by atoms with Crippen molar-refractivity contribution in [3.8, 4) is 0 Å². The number of aromatic nitrogens is 3. The molecule has 6 nitrogen and oxygen atoms in total. The Kier molecular flexibility index (Phi) is 4.28. The molecule has 8 heteroatoms. The van der Waals surface area contributed by atoms with Gasteiger partial charge in [-0.1, -0.05) is 23.4 Å². The third-order valence-corrected chi connectivity index (χ3v) is 3.56. The fourth-order valence-corrected chi connectivity index (χ4v) is 2.22. The largest absolute Gasteiger partial charge is 0.397 e. The van der Waals surface area contributed by atoms with Gasteiger partial charge in [0.05, 0.1) is 17.1 Å². The monoisotopic (exact) mass is 297 g/mol. The van der Waals surface area contributed by atoms with Crippen LogP contribution in [0.2, 0.25) is 5.02 Å². The van der Waals surface area contributed by atoms with E-state index in [1.54, 1.807) is 29.1 Å². The highest BCUT2D eigenvalue weighted by Gasteiger charge is 2.09. The number of halogens is 1. The molecule has 0 aliphatic rings. The normalized spacial score (nSPS) is 10.4. The number of hydrogen-bond acceptors (Lipinski definition) is 5. The lowest BCUT2D eigenvalue weighted by Crippen LogP contribution is -2.15. The molecule has 0 spiro atoms. The molecule has 0 saturated heterocycles. The molecule has 0 radical (unpaired) electrons. The van der Waals surface area contributed by atoms with Crippen molar-refractivity contribution in [1.82, 2.24) is 14.8 Å². The van der Waals surface area contributed by atoms with Crippen LogP contribution >= 0.6 is 23.4 Å². The number of carbonyl (C=O) groups is 1. The van der Waals surface area contributed by atoms with Gasteiger partial charge in [0, 0.05) is 12.1 Å². The van der Waals surface area contributed by atoms with Gasteiger partial charge in [-0.25, -0.2) is 0 Å². The van der Waals surface area contributed by atoms with E-state index in [4.69, 9.17) is 17.3 Å². The highest BCUT2D eigenvalue weighted by Crippen LogP contribution is 2.23. The number of rotatable bonds is 4. The number of nitrogens with one attached hydrogen (secondary N) is 1. The van der Waals surface area contributed by atoms with Crippen LogP contribution in [0.25, 0.3) is 0 Å². The first-order valence-corrected chi connectivity index (χ1v) is 6.74. The summed E-state index contributed by atoms with van der Waals surface area (Å²) < 4.78 is 1.74. The molecule has 100 valence electrons. The molecule has 1 amide bonds. The van der Waals surface area contributed by atoms with Crippen molar-refractivity contribution in [3.05, 3.63) is 29.5 Å². The number of amides is 1. The molecule has 0 fully saturated rings. The third-order valence-electron chi connectivity index (χ3n) is 2.29. The first-order valence-electron chi connectivity index (χ1n) is 5.38. The number of aryl methyl sites for hydroxylation is 1. The molecule has 0 aliphatic heterocycles. The van der Waals surface area contributed by atoms with Gasteiger partial charge in [0.25, 0.3) is 0 Å². The summed E-state index contributed by atoms with van der Waals surface area (Å²) in [6.45, 7) is 0. The van der Waals surface area contributed by atoms with Gasteiger partial charge >= 0.3 is 0 Å². The van der Waals surface area contributed by atoms with Gasteiger partial charge in [0.2, 0.25) is 5.91 Å². The fourth-order valence-electron chi connectivity index (χ4n) is 1.36. The van der Waals surface area contributed by atoms with E-state index in [0.29, 0.717) is 21.6 Å². The maximum absolute atomic E-state index is 11.8. The average Bonchev–Trinajstić information content (AvgIpc) is 2.77. The zero-order chi connectivity index (χ0) is 13.8. The molecule has 2 aromatic rings. The molecule has 0 saturated carbocycles. The van der Waals surface area contributed by atoms with Gasteiger partial charge in [-0.15, -0.1) is 10.2 Å². The summed E-state index contributed by atoms with van der Waals surface area (Å²) in [4.78, 5) is 11.8. The maximum atomic E-state index is 11.8. The standard InChI is InChI=1S/C11H12ClN5OS/c1-17-6-14-16-11(17)19-5-10(18)15-9-4-7(12)2-3-8(9)13/h2-4,6H,5,13H2,1H3,(H,15,18). The number of hydrogen-bond donors (Lipinski definition) is 2. The Bertz CT molecular complexity index is 601. The summed E-state index contributed by atoms with van der Waals surface area (Å²) in [6, 6.07) is 4.93. The van der Waals surface area contributed by atoms with Crippen LogP contribution in [-0.4, -0.2) is 26.4 Å². The lowest BCUT2D eigenvalue weighted by atomic mass is 10.2. The Morgan fingerprint density at radius 2 is 2.37 bits per heavy atom. The van der Waals surface area contributed by atoms with E-state index in [0.717, 1.165) is 0 Å². The Labute approximate surface area is 119 Å². The molecule has 0 aliphatic carbocycles. The highest BCUT2D eigenvalue weighted by molar-refractivity contribution is 7.99. The van der Waals surface area contributed by atoms with Crippen molar-refractivity contribution in [2.24, 2.45) is 7.05 Å². The summed E-state index contributed by atoms with van der Waals surface area (Å²) in [5.74, 6) is 0.0420. The summed E-state index contributed by atoms with van der Waals surface area (Å²) in [5.41, 5.74) is 6.73. The zero-order valence-corrected chi connectivity index (χ0v) is 11.7. The predicted octanol–water partition coefficient (Wildman–Crippen LogP) is 1.78. The Hall–Kier alpha value is -1.73. The highest BCUT2D eigenvalue weighted by atomic mass is 35.5. The van der Waals surface area contributed by atoms with Gasteiger partial charge in [-0.05, 0) is 18.2 Å². The van der Waals surface area contributed by atoms with Gasteiger partial charge < -0.3 is 15.6 Å². The van der Waals surface area contributed by atoms with Gasteiger partial charge in [0.1, 0.15) is 6.33 Å². The SMILES string of the molecule is Cn1cnnc1SCC(=O)Nc1cc(Cl)ccc1N. The summed E-state index contributed by atoms with van der Waals surface area (Å²) in [5, 5.41) is 11.5. The van der Waals surface area contributed by atoms with Gasteiger partial charge in [-0.3, -0.25) is 4.79 Å². The minimum atomic E-state index is -0.179. The van der Waals surface area contributed by atoms with E-state index >= 15 is 0 Å². The molecule has 1 aromatic heterocycles. The second kappa shape index (κ2) is 5.94. The van der Waals surface area contributed by atoms with Crippen molar-refractivity contribution in [3.63, 3.8) is 0 Å². The first-order chi connectivity index (χ1) is 9.06. The van der Waals surface area contributed by atoms with Crippen LogP contribution < -0.4 is 11.1 Å². The van der Waals surface area contributed by atoms with E-state index < -0.39 is 0 Å². The number of nitrogen functional groups attached to an aromatic ring is 1. The first kappa shape index (κ1) is 13.7. The van der Waals surface area contributed by atoms with E-state index in [9.17, 15) is 4.79 Å². The zero-order valence-electron chi connectivity index (χ0n) is 10.1. The molecule has 2 rings (SSSR count). The molecular formula is C11H12ClN5OS. The van der Waals surface area contributed by atoms with Crippen LogP contribution in [0.4, 0.5) is 11.4 Å². The quantitative estimate of drug-likeness (QED) is 0.663. The molecule has 0 bridgehead atoms. The van der Waals surface area contributed by atoms with E-state index in [-0.39, 0.29) is 11.7 Å².